The average Bonchev–Trinajstić information content (AvgIpc) is 3.14. The van der Waals surface area contributed by atoms with Crippen LogP contribution >= 0.6 is 11.6 Å². The number of nitrogens with zero attached hydrogens (tertiary/aromatic N) is 2. The van der Waals surface area contributed by atoms with E-state index in [2.05, 4.69) is 27.5 Å². The molecule has 1 aromatic heterocycles. The number of nitrogens with one attached hydrogen (secondary N) is 1. The Balaban J connectivity index is 1.57. The van der Waals surface area contributed by atoms with Gasteiger partial charge in [-0.1, -0.05) is 28.9 Å². The summed E-state index contributed by atoms with van der Waals surface area (Å²) in [7, 11) is 1.59. The van der Waals surface area contributed by atoms with Crippen molar-refractivity contribution in [3.8, 4) is 0 Å². The van der Waals surface area contributed by atoms with Crippen molar-refractivity contribution in [3.63, 3.8) is 0 Å². The molecule has 0 saturated carbocycles. The SMILES string of the molecule is COCCNC(=O)c1cc(C2CCCN(Cc3ccc(Cl)cc3)C2)no1. The third-order valence-electron chi connectivity index (χ3n) is 4.59. The van der Waals surface area contributed by atoms with E-state index in [9.17, 15) is 4.79 Å². The second-order valence-electron chi connectivity index (χ2n) is 6.57. The molecular weight excluding hydrogens is 354 g/mol. The van der Waals surface area contributed by atoms with Crippen LogP contribution in [0, 0.1) is 0 Å². The Morgan fingerprint density at radius 2 is 2.23 bits per heavy atom. The molecule has 1 aromatic carbocycles. The molecule has 1 unspecified atom stereocenters. The van der Waals surface area contributed by atoms with E-state index in [-0.39, 0.29) is 17.6 Å². The quantitative estimate of drug-likeness (QED) is 0.751. The lowest BCUT2D eigenvalue weighted by Crippen LogP contribution is -2.34. The minimum Gasteiger partial charge on any atom is -0.383 e. The van der Waals surface area contributed by atoms with Crippen molar-refractivity contribution in [2.24, 2.45) is 0 Å². The van der Waals surface area contributed by atoms with Gasteiger partial charge in [0.15, 0.2) is 0 Å². The highest BCUT2D eigenvalue weighted by Crippen LogP contribution is 2.27. The summed E-state index contributed by atoms with van der Waals surface area (Å²) in [5, 5.41) is 7.63. The van der Waals surface area contributed by atoms with E-state index in [4.69, 9.17) is 20.9 Å². The van der Waals surface area contributed by atoms with Crippen molar-refractivity contribution in [2.45, 2.75) is 25.3 Å². The van der Waals surface area contributed by atoms with Gasteiger partial charge in [0.2, 0.25) is 5.76 Å². The molecule has 1 amide bonds. The topological polar surface area (TPSA) is 67.6 Å². The highest BCUT2D eigenvalue weighted by atomic mass is 35.5. The number of aromatic nitrogens is 1. The Morgan fingerprint density at radius 1 is 1.42 bits per heavy atom. The molecule has 1 aliphatic heterocycles. The Hall–Kier alpha value is -1.89. The van der Waals surface area contributed by atoms with Crippen LogP contribution in [0.1, 0.15) is 40.6 Å². The number of benzene rings is 1. The van der Waals surface area contributed by atoms with E-state index >= 15 is 0 Å². The fraction of sp³-hybridized carbons (Fsp3) is 0.474. The maximum absolute atomic E-state index is 12.0. The second-order valence-corrected chi connectivity index (χ2v) is 7.00. The number of amides is 1. The molecule has 3 rings (SSSR count). The summed E-state index contributed by atoms with van der Waals surface area (Å²) in [6.45, 7) is 3.76. The van der Waals surface area contributed by atoms with Crippen molar-refractivity contribution in [1.82, 2.24) is 15.4 Å². The number of carbonyl (C=O) groups is 1. The molecule has 2 heterocycles. The van der Waals surface area contributed by atoms with Gasteiger partial charge < -0.3 is 14.6 Å². The number of likely N-dealkylation sites (tertiary alicyclic amines) is 1. The first-order valence-electron chi connectivity index (χ1n) is 8.86. The van der Waals surface area contributed by atoms with E-state index in [1.54, 1.807) is 13.2 Å². The van der Waals surface area contributed by atoms with E-state index in [1.807, 2.05) is 12.1 Å². The monoisotopic (exact) mass is 377 g/mol. The van der Waals surface area contributed by atoms with Crippen molar-refractivity contribution in [1.29, 1.82) is 0 Å². The number of halogens is 1. The van der Waals surface area contributed by atoms with Gasteiger partial charge in [0.25, 0.3) is 5.91 Å². The molecule has 26 heavy (non-hydrogen) atoms. The summed E-state index contributed by atoms with van der Waals surface area (Å²) in [5.74, 6) is 0.279. The maximum Gasteiger partial charge on any atom is 0.289 e. The first-order chi connectivity index (χ1) is 12.7. The summed E-state index contributed by atoms with van der Waals surface area (Å²) in [6, 6.07) is 9.72. The Kier molecular flexibility index (Phi) is 6.66. The lowest BCUT2D eigenvalue weighted by Gasteiger charge is -2.31. The van der Waals surface area contributed by atoms with Crippen LogP contribution in [0.5, 0.6) is 0 Å². The van der Waals surface area contributed by atoms with E-state index in [0.717, 1.165) is 43.2 Å². The molecule has 0 radical (unpaired) electrons. The predicted octanol–water partition coefficient (Wildman–Crippen LogP) is 3.08. The summed E-state index contributed by atoms with van der Waals surface area (Å²) < 4.78 is 10.2. The van der Waals surface area contributed by atoms with Crippen LogP contribution in [0.4, 0.5) is 0 Å². The lowest BCUT2D eigenvalue weighted by atomic mass is 9.94. The summed E-state index contributed by atoms with van der Waals surface area (Å²) in [6.07, 6.45) is 2.15. The van der Waals surface area contributed by atoms with Gasteiger partial charge in [-0.3, -0.25) is 9.69 Å². The minimum absolute atomic E-state index is 0.255. The predicted molar refractivity (Wildman–Crippen MR) is 99.4 cm³/mol. The van der Waals surface area contributed by atoms with Crippen LogP contribution in [0.15, 0.2) is 34.9 Å². The number of carbonyl (C=O) groups excluding carboxylic acids is 1. The normalized spacial score (nSPS) is 18.0. The zero-order valence-electron chi connectivity index (χ0n) is 14.9. The Labute approximate surface area is 158 Å². The van der Waals surface area contributed by atoms with Crippen molar-refractivity contribution < 1.29 is 14.1 Å². The zero-order valence-corrected chi connectivity index (χ0v) is 15.7. The van der Waals surface area contributed by atoms with Gasteiger partial charge in [-0.05, 0) is 37.1 Å². The van der Waals surface area contributed by atoms with Gasteiger partial charge in [-0.15, -0.1) is 0 Å². The molecule has 1 atom stereocenters. The molecule has 0 spiro atoms. The summed E-state index contributed by atoms with van der Waals surface area (Å²) in [4.78, 5) is 14.4. The van der Waals surface area contributed by atoms with E-state index in [0.29, 0.717) is 13.2 Å². The van der Waals surface area contributed by atoms with Gasteiger partial charge >= 0.3 is 0 Å². The van der Waals surface area contributed by atoms with Crippen LogP contribution < -0.4 is 5.32 Å². The minimum atomic E-state index is -0.255. The zero-order chi connectivity index (χ0) is 18.4. The van der Waals surface area contributed by atoms with Crippen LogP contribution in [0.3, 0.4) is 0 Å². The molecule has 0 aliphatic carbocycles. The molecule has 1 N–H and O–H groups in total. The molecule has 6 nitrogen and oxygen atoms in total. The van der Waals surface area contributed by atoms with Gasteiger partial charge in [0, 0.05) is 43.8 Å². The summed E-state index contributed by atoms with van der Waals surface area (Å²) in [5.41, 5.74) is 2.09. The van der Waals surface area contributed by atoms with Gasteiger partial charge in [-0.2, -0.15) is 0 Å². The van der Waals surface area contributed by atoms with E-state index < -0.39 is 0 Å². The number of hydrogen-bond donors (Lipinski definition) is 1. The smallest absolute Gasteiger partial charge is 0.289 e. The molecule has 0 bridgehead atoms. The standard InChI is InChI=1S/C19H24ClN3O3/c1-25-10-8-21-19(24)18-11-17(22-26-18)15-3-2-9-23(13-15)12-14-4-6-16(20)7-5-14/h4-7,11,15H,2-3,8-10,12-13H2,1H3,(H,21,24). The third kappa shape index (κ3) is 5.06. The van der Waals surface area contributed by atoms with E-state index in [1.165, 1.54) is 5.56 Å². The Morgan fingerprint density at radius 3 is 3.00 bits per heavy atom. The van der Waals surface area contributed by atoms with Crippen molar-refractivity contribution >= 4 is 17.5 Å². The molecule has 2 aromatic rings. The van der Waals surface area contributed by atoms with Gasteiger partial charge in [0.05, 0.1) is 12.3 Å². The summed E-state index contributed by atoms with van der Waals surface area (Å²) >= 11 is 5.95. The van der Waals surface area contributed by atoms with Gasteiger partial charge in [0.1, 0.15) is 0 Å². The second kappa shape index (κ2) is 9.16. The van der Waals surface area contributed by atoms with Crippen molar-refractivity contribution in [3.05, 3.63) is 52.4 Å². The molecule has 1 saturated heterocycles. The molecule has 7 heteroatoms. The van der Waals surface area contributed by atoms with Gasteiger partial charge in [-0.25, -0.2) is 0 Å². The third-order valence-corrected chi connectivity index (χ3v) is 4.84. The van der Waals surface area contributed by atoms with Crippen LogP contribution in [0.25, 0.3) is 0 Å². The van der Waals surface area contributed by atoms with Crippen LogP contribution in [0.2, 0.25) is 5.02 Å². The first kappa shape index (κ1) is 18.9. The molecule has 1 fully saturated rings. The molecular formula is C19H24ClN3O3. The molecule has 140 valence electrons. The lowest BCUT2D eigenvalue weighted by molar-refractivity contribution is 0.0900. The first-order valence-corrected chi connectivity index (χ1v) is 9.24. The highest BCUT2D eigenvalue weighted by molar-refractivity contribution is 6.30. The number of hydrogen-bond acceptors (Lipinski definition) is 5. The largest absolute Gasteiger partial charge is 0.383 e. The number of rotatable bonds is 7. The highest BCUT2D eigenvalue weighted by Gasteiger charge is 2.25. The molecule has 1 aliphatic rings. The Bertz CT molecular complexity index is 717. The number of ether oxygens (including phenoxy) is 1. The van der Waals surface area contributed by atoms with Crippen LogP contribution in [-0.4, -0.2) is 49.3 Å². The van der Waals surface area contributed by atoms with Crippen LogP contribution in [-0.2, 0) is 11.3 Å². The number of methoxy groups -OCH3 is 1. The number of piperidine rings is 1. The maximum atomic E-state index is 12.0. The fourth-order valence-electron chi connectivity index (χ4n) is 3.23. The van der Waals surface area contributed by atoms with Crippen molar-refractivity contribution in [2.75, 3.05) is 33.4 Å². The fourth-order valence-corrected chi connectivity index (χ4v) is 3.36. The average molecular weight is 378 g/mol.